The summed E-state index contributed by atoms with van der Waals surface area (Å²) >= 11 is 0. The highest BCUT2D eigenvalue weighted by atomic mass is 16.6. The van der Waals surface area contributed by atoms with E-state index in [1.54, 1.807) is 39.0 Å². The van der Waals surface area contributed by atoms with E-state index in [9.17, 15) is 9.59 Å². The van der Waals surface area contributed by atoms with Crippen LogP contribution in [-0.2, 0) is 4.74 Å². The van der Waals surface area contributed by atoms with E-state index in [2.05, 4.69) is 10.5 Å². The molecule has 2 N–H and O–H groups in total. The van der Waals surface area contributed by atoms with E-state index in [1.807, 2.05) is 0 Å². The standard InChI is InChI=1S/C16H18N2O6/c1-16(2,3)23-15(21)17-9-5-6-12(22-4)10(7-9)11-8-13(14(19)20)24-18-11/h5-8H,1-4H3,(H,17,21)(H,19,20). The first kappa shape index (κ1) is 17.3. The second-order valence-electron chi connectivity index (χ2n) is 5.92. The Morgan fingerprint density at radius 2 is 1.96 bits per heavy atom. The van der Waals surface area contributed by atoms with Crippen molar-refractivity contribution in [3.05, 3.63) is 30.0 Å². The van der Waals surface area contributed by atoms with Gasteiger partial charge in [0.25, 0.3) is 0 Å². The summed E-state index contributed by atoms with van der Waals surface area (Å²) in [5.74, 6) is -1.07. The quantitative estimate of drug-likeness (QED) is 0.881. The molecule has 0 saturated carbocycles. The summed E-state index contributed by atoms with van der Waals surface area (Å²) in [5, 5.41) is 15.2. The van der Waals surface area contributed by atoms with Crippen molar-refractivity contribution in [2.45, 2.75) is 26.4 Å². The zero-order chi connectivity index (χ0) is 17.9. The van der Waals surface area contributed by atoms with Gasteiger partial charge in [-0.3, -0.25) is 5.32 Å². The van der Waals surface area contributed by atoms with Crippen molar-refractivity contribution in [2.24, 2.45) is 0 Å². The number of methoxy groups -OCH3 is 1. The number of carboxylic acid groups (broad SMARTS) is 1. The van der Waals surface area contributed by atoms with Crippen LogP contribution >= 0.6 is 0 Å². The molecule has 0 saturated heterocycles. The molecule has 8 nitrogen and oxygen atoms in total. The summed E-state index contributed by atoms with van der Waals surface area (Å²) in [6, 6.07) is 6.12. The number of carboxylic acids is 1. The number of aromatic carboxylic acids is 1. The van der Waals surface area contributed by atoms with Crippen molar-refractivity contribution in [1.82, 2.24) is 5.16 Å². The Balaban J connectivity index is 2.30. The van der Waals surface area contributed by atoms with E-state index in [-0.39, 0.29) is 11.5 Å². The number of nitrogens with zero attached hydrogens (tertiary/aromatic N) is 1. The number of aromatic nitrogens is 1. The molecule has 0 aliphatic heterocycles. The molecular weight excluding hydrogens is 316 g/mol. The number of ether oxygens (including phenoxy) is 2. The SMILES string of the molecule is COc1ccc(NC(=O)OC(C)(C)C)cc1-c1cc(C(=O)O)on1. The van der Waals surface area contributed by atoms with Crippen molar-refractivity contribution in [1.29, 1.82) is 0 Å². The van der Waals surface area contributed by atoms with E-state index < -0.39 is 17.7 Å². The molecule has 24 heavy (non-hydrogen) atoms. The summed E-state index contributed by atoms with van der Waals surface area (Å²) in [4.78, 5) is 22.8. The summed E-state index contributed by atoms with van der Waals surface area (Å²) in [5.41, 5.74) is 0.571. The molecule has 0 unspecified atom stereocenters. The summed E-state index contributed by atoms with van der Waals surface area (Å²) in [6.07, 6.45) is -0.606. The number of carbonyl (C=O) groups is 2. The maximum absolute atomic E-state index is 11.8. The monoisotopic (exact) mass is 334 g/mol. The molecule has 1 amide bonds. The molecular formula is C16H18N2O6. The van der Waals surface area contributed by atoms with E-state index >= 15 is 0 Å². The first-order chi connectivity index (χ1) is 11.2. The fourth-order valence-electron chi connectivity index (χ4n) is 1.91. The van der Waals surface area contributed by atoms with Gasteiger partial charge in [0.15, 0.2) is 0 Å². The van der Waals surface area contributed by atoms with Crippen LogP contribution in [0.4, 0.5) is 10.5 Å². The van der Waals surface area contributed by atoms with Gasteiger partial charge in [-0.15, -0.1) is 0 Å². The number of amides is 1. The molecule has 0 bridgehead atoms. The lowest BCUT2D eigenvalue weighted by molar-refractivity contribution is 0.0630. The van der Waals surface area contributed by atoms with Crippen molar-refractivity contribution in [2.75, 3.05) is 12.4 Å². The van der Waals surface area contributed by atoms with Crippen molar-refractivity contribution >= 4 is 17.7 Å². The molecule has 2 aromatic rings. The van der Waals surface area contributed by atoms with E-state index in [0.29, 0.717) is 17.0 Å². The highest BCUT2D eigenvalue weighted by Gasteiger charge is 2.19. The zero-order valence-electron chi connectivity index (χ0n) is 13.7. The molecule has 0 fully saturated rings. The highest BCUT2D eigenvalue weighted by molar-refractivity contribution is 5.88. The molecule has 1 aromatic carbocycles. The van der Waals surface area contributed by atoms with Crippen LogP contribution in [0.3, 0.4) is 0 Å². The Morgan fingerprint density at radius 3 is 2.50 bits per heavy atom. The molecule has 1 aromatic heterocycles. The van der Waals surface area contributed by atoms with Crippen molar-refractivity contribution in [3.63, 3.8) is 0 Å². The van der Waals surface area contributed by atoms with Crippen LogP contribution in [0.1, 0.15) is 31.3 Å². The lowest BCUT2D eigenvalue weighted by atomic mass is 10.1. The Labute approximate surface area is 138 Å². The Morgan fingerprint density at radius 1 is 1.25 bits per heavy atom. The van der Waals surface area contributed by atoms with Gasteiger partial charge in [-0.1, -0.05) is 5.16 Å². The average molecular weight is 334 g/mol. The predicted molar refractivity (Wildman–Crippen MR) is 85.3 cm³/mol. The first-order valence-electron chi connectivity index (χ1n) is 7.08. The van der Waals surface area contributed by atoms with Crippen LogP contribution in [0, 0.1) is 0 Å². The third-order valence-electron chi connectivity index (χ3n) is 2.84. The molecule has 1 heterocycles. The van der Waals surface area contributed by atoms with E-state index in [4.69, 9.17) is 19.1 Å². The van der Waals surface area contributed by atoms with Crippen LogP contribution in [0.2, 0.25) is 0 Å². The summed E-state index contributed by atoms with van der Waals surface area (Å²) < 4.78 is 15.2. The van der Waals surface area contributed by atoms with Gasteiger partial charge in [-0.05, 0) is 39.0 Å². The molecule has 0 spiro atoms. The first-order valence-corrected chi connectivity index (χ1v) is 7.08. The second kappa shape index (κ2) is 6.61. The average Bonchev–Trinajstić information content (AvgIpc) is 2.95. The van der Waals surface area contributed by atoms with Crippen molar-refractivity contribution in [3.8, 4) is 17.0 Å². The predicted octanol–water partition coefficient (Wildman–Crippen LogP) is 3.40. The molecule has 0 radical (unpaired) electrons. The largest absolute Gasteiger partial charge is 0.496 e. The number of nitrogens with one attached hydrogen (secondary N) is 1. The third kappa shape index (κ3) is 4.25. The number of hydrogen-bond acceptors (Lipinski definition) is 6. The van der Waals surface area contributed by atoms with Gasteiger partial charge in [0.2, 0.25) is 5.76 Å². The van der Waals surface area contributed by atoms with Crippen LogP contribution in [0.5, 0.6) is 5.75 Å². The topological polar surface area (TPSA) is 111 Å². The minimum Gasteiger partial charge on any atom is -0.496 e. The van der Waals surface area contributed by atoms with E-state index in [1.165, 1.54) is 13.2 Å². The summed E-state index contributed by atoms with van der Waals surface area (Å²) in [7, 11) is 1.47. The highest BCUT2D eigenvalue weighted by Crippen LogP contribution is 2.32. The molecule has 0 aliphatic rings. The Kier molecular flexibility index (Phi) is 4.77. The van der Waals surface area contributed by atoms with E-state index in [0.717, 1.165) is 0 Å². The number of anilines is 1. The van der Waals surface area contributed by atoms with Crippen LogP contribution in [0.25, 0.3) is 11.3 Å². The third-order valence-corrected chi connectivity index (χ3v) is 2.84. The van der Waals surface area contributed by atoms with Gasteiger partial charge in [0.05, 0.1) is 7.11 Å². The lowest BCUT2D eigenvalue weighted by Gasteiger charge is -2.20. The van der Waals surface area contributed by atoms with Gasteiger partial charge in [0, 0.05) is 17.3 Å². The van der Waals surface area contributed by atoms with Crippen LogP contribution in [0.15, 0.2) is 28.8 Å². The van der Waals surface area contributed by atoms with Crippen LogP contribution in [-0.4, -0.2) is 35.0 Å². The number of rotatable bonds is 4. The molecule has 8 heteroatoms. The molecule has 2 rings (SSSR count). The zero-order valence-corrected chi connectivity index (χ0v) is 13.7. The smallest absolute Gasteiger partial charge is 0.412 e. The Bertz CT molecular complexity index is 760. The number of hydrogen-bond donors (Lipinski definition) is 2. The van der Waals surface area contributed by atoms with Gasteiger partial charge in [0.1, 0.15) is 17.0 Å². The minimum absolute atomic E-state index is 0.275. The van der Waals surface area contributed by atoms with Gasteiger partial charge >= 0.3 is 12.1 Å². The van der Waals surface area contributed by atoms with Crippen LogP contribution < -0.4 is 10.1 Å². The molecule has 0 aliphatic carbocycles. The number of carbonyl (C=O) groups excluding carboxylic acids is 1. The number of benzene rings is 1. The van der Waals surface area contributed by atoms with Gasteiger partial charge in [-0.2, -0.15) is 0 Å². The summed E-state index contributed by atoms with van der Waals surface area (Å²) in [6.45, 7) is 5.28. The fourth-order valence-corrected chi connectivity index (χ4v) is 1.91. The molecule has 0 atom stereocenters. The maximum atomic E-state index is 11.8. The fraction of sp³-hybridized carbons (Fsp3) is 0.312. The Hall–Kier alpha value is -3.03. The van der Waals surface area contributed by atoms with Crippen molar-refractivity contribution < 1.29 is 28.7 Å². The normalized spacial score (nSPS) is 11.0. The lowest BCUT2D eigenvalue weighted by Crippen LogP contribution is -2.27. The maximum Gasteiger partial charge on any atom is 0.412 e. The second-order valence-corrected chi connectivity index (χ2v) is 5.92. The molecule has 128 valence electrons. The van der Waals surface area contributed by atoms with Gasteiger partial charge < -0.3 is 19.1 Å². The minimum atomic E-state index is -1.23. The van der Waals surface area contributed by atoms with Gasteiger partial charge in [-0.25, -0.2) is 9.59 Å².